The number of halogens is 1. The molecule has 1 aromatic rings. The maximum absolute atomic E-state index is 5.97. The van der Waals surface area contributed by atoms with Crippen LogP contribution in [-0.2, 0) is 6.54 Å². The number of alkyl halides is 1. The fourth-order valence-corrected chi connectivity index (χ4v) is 3.07. The number of hydrogen-bond acceptors (Lipinski definition) is 2. The van der Waals surface area contributed by atoms with Gasteiger partial charge in [-0.05, 0) is 44.2 Å². The van der Waals surface area contributed by atoms with E-state index in [1.165, 1.54) is 0 Å². The van der Waals surface area contributed by atoms with Crippen molar-refractivity contribution in [3.63, 3.8) is 0 Å². The molecule has 1 aliphatic rings. The van der Waals surface area contributed by atoms with Gasteiger partial charge in [-0.3, -0.25) is 4.68 Å². The van der Waals surface area contributed by atoms with E-state index in [-0.39, 0.29) is 0 Å². The van der Waals surface area contributed by atoms with Gasteiger partial charge in [-0.2, -0.15) is 5.10 Å². The molecule has 2 rings (SSSR count). The first-order valence-electron chi connectivity index (χ1n) is 7.11. The third-order valence-corrected chi connectivity index (χ3v) is 4.25. The van der Waals surface area contributed by atoms with Gasteiger partial charge in [-0.15, -0.1) is 11.6 Å². The van der Waals surface area contributed by atoms with Crippen molar-refractivity contribution in [2.75, 3.05) is 6.54 Å². The molecule has 0 unspecified atom stereocenters. The summed E-state index contributed by atoms with van der Waals surface area (Å²) >= 11 is 5.97. The normalized spacial score (nSPS) is 23.3. The summed E-state index contributed by atoms with van der Waals surface area (Å²) in [7, 11) is 0. The monoisotopic (exact) mass is 269 g/mol. The third kappa shape index (κ3) is 3.48. The Hall–Kier alpha value is -0.540. The van der Waals surface area contributed by atoms with Crippen LogP contribution in [0.2, 0.25) is 0 Å². The smallest absolute Gasteiger partial charge is 0.0762 e. The Kier molecular flexibility index (Phi) is 5.07. The largest absolute Gasteiger partial charge is 0.311 e. The highest BCUT2D eigenvalue weighted by Gasteiger charge is 2.26. The molecule has 0 radical (unpaired) electrons. The Bertz CT molecular complexity index is 354. The minimum atomic E-state index is 0.422. The van der Waals surface area contributed by atoms with Crippen LogP contribution >= 0.6 is 11.6 Å². The zero-order valence-electron chi connectivity index (χ0n) is 11.4. The lowest BCUT2D eigenvalue weighted by atomic mass is 9.85. The van der Waals surface area contributed by atoms with E-state index in [9.17, 15) is 0 Å². The number of nitrogens with zero attached hydrogens (tertiary/aromatic N) is 2. The van der Waals surface area contributed by atoms with Gasteiger partial charge in [0.15, 0.2) is 0 Å². The van der Waals surface area contributed by atoms with Crippen molar-refractivity contribution in [2.45, 2.75) is 57.5 Å². The summed E-state index contributed by atoms with van der Waals surface area (Å²) in [5.74, 6) is 0.772. The second kappa shape index (κ2) is 6.58. The number of aromatic nitrogens is 2. The van der Waals surface area contributed by atoms with Crippen molar-refractivity contribution in [3.8, 4) is 0 Å². The summed E-state index contributed by atoms with van der Waals surface area (Å²) in [6.07, 6.45) is 6.72. The third-order valence-electron chi connectivity index (χ3n) is 3.90. The quantitative estimate of drug-likeness (QED) is 0.770. The van der Waals surface area contributed by atoms with Crippen molar-refractivity contribution in [1.29, 1.82) is 0 Å². The Balaban J connectivity index is 1.73. The lowest BCUT2D eigenvalue weighted by molar-refractivity contribution is 0.307. The van der Waals surface area contributed by atoms with E-state index >= 15 is 0 Å². The van der Waals surface area contributed by atoms with Crippen LogP contribution < -0.4 is 5.32 Å². The fourth-order valence-electron chi connectivity index (χ4n) is 2.56. The lowest BCUT2D eigenvalue weighted by Crippen LogP contribution is -2.33. The highest BCUT2D eigenvalue weighted by molar-refractivity contribution is 6.21. The Labute approximate surface area is 115 Å². The predicted octanol–water partition coefficient (Wildman–Crippen LogP) is 3.35. The average molecular weight is 270 g/mol. The molecular weight excluding hydrogens is 246 g/mol. The molecule has 3 nitrogen and oxygen atoms in total. The van der Waals surface area contributed by atoms with Crippen LogP contribution in [-0.4, -0.2) is 21.7 Å². The van der Waals surface area contributed by atoms with E-state index in [0.717, 1.165) is 50.4 Å². The molecule has 0 saturated heterocycles. The Morgan fingerprint density at radius 3 is 2.78 bits per heavy atom. The maximum Gasteiger partial charge on any atom is 0.0762 e. The standard InChI is InChI=1S/C14H24ClN3/c1-3-14(4-2)18-6-5-13(17-18)10-16-9-11-7-12(15)8-11/h5-6,11-12,14,16H,3-4,7-10H2,1-2H3. The highest BCUT2D eigenvalue weighted by Crippen LogP contribution is 2.31. The van der Waals surface area contributed by atoms with Crippen LogP contribution in [0.4, 0.5) is 0 Å². The Morgan fingerprint density at radius 1 is 1.44 bits per heavy atom. The Morgan fingerprint density at radius 2 is 2.17 bits per heavy atom. The lowest BCUT2D eigenvalue weighted by Gasteiger charge is -2.30. The van der Waals surface area contributed by atoms with E-state index in [4.69, 9.17) is 11.6 Å². The molecule has 102 valence electrons. The van der Waals surface area contributed by atoms with E-state index in [0.29, 0.717) is 11.4 Å². The van der Waals surface area contributed by atoms with Crippen LogP contribution in [0.3, 0.4) is 0 Å². The topological polar surface area (TPSA) is 29.9 Å². The van der Waals surface area contributed by atoms with Crippen LogP contribution in [0.1, 0.15) is 51.3 Å². The number of rotatable bonds is 7. The van der Waals surface area contributed by atoms with Gasteiger partial charge >= 0.3 is 0 Å². The van der Waals surface area contributed by atoms with Crippen LogP contribution in [0.15, 0.2) is 12.3 Å². The van der Waals surface area contributed by atoms with Gasteiger partial charge in [0, 0.05) is 18.1 Å². The van der Waals surface area contributed by atoms with Gasteiger partial charge in [0.1, 0.15) is 0 Å². The first-order chi connectivity index (χ1) is 8.72. The molecule has 1 fully saturated rings. The second-order valence-corrected chi connectivity index (χ2v) is 5.94. The molecule has 1 N–H and O–H groups in total. The van der Waals surface area contributed by atoms with Crippen LogP contribution in [0, 0.1) is 5.92 Å². The molecule has 1 aromatic heterocycles. The van der Waals surface area contributed by atoms with Crippen molar-refractivity contribution >= 4 is 11.6 Å². The summed E-state index contributed by atoms with van der Waals surface area (Å²) in [4.78, 5) is 0. The van der Waals surface area contributed by atoms with Crippen LogP contribution in [0.5, 0.6) is 0 Å². The van der Waals surface area contributed by atoms with Gasteiger partial charge < -0.3 is 5.32 Å². The predicted molar refractivity (Wildman–Crippen MR) is 75.9 cm³/mol. The number of hydrogen-bond donors (Lipinski definition) is 1. The van der Waals surface area contributed by atoms with E-state index in [1.54, 1.807) is 0 Å². The molecule has 0 bridgehead atoms. The maximum atomic E-state index is 5.97. The molecule has 1 aliphatic carbocycles. The summed E-state index contributed by atoms with van der Waals surface area (Å²) < 4.78 is 2.11. The van der Waals surface area contributed by atoms with Gasteiger partial charge in [0.05, 0.1) is 11.7 Å². The van der Waals surface area contributed by atoms with Gasteiger partial charge in [0.25, 0.3) is 0 Å². The van der Waals surface area contributed by atoms with Gasteiger partial charge in [-0.25, -0.2) is 0 Å². The van der Waals surface area contributed by atoms with Crippen molar-refractivity contribution in [3.05, 3.63) is 18.0 Å². The minimum Gasteiger partial charge on any atom is -0.311 e. The molecule has 1 heterocycles. The fraction of sp³-hybridized carbons (Fsp3) is 0.786. The van der Waals surface area contributed by atoms with E-state index in [2.05, 4.69) is 41.2 Å². The summed E-state index contributed by atoms with van der Waals surface area (Å²) in [6, 6.07) is 2.67. The molecule has 1 saturated carbocycles. The summed E-state index contributed by atoms with van der Waals surface area (Å²) in [6.45, 7) is 6.37. The molecule has 0 aromatic carbocycles. The van der Waals surface area contributed by atoms with Crippen molar-refractivity contribution in [2.24, 2.45) is 5.92 Å². The van der Waals surface area contributed by atoms with Gasteiger partial charge in [-0.1, -0.05) is 13.8 Å². The summed E-state index contributed by atoms with van der Waals surface area (Å²) in [5, 5.41) is 8.54. The highest BCUT2D eigenvalue weighted by atomic mass is 35.5. The van der Waals surface area contributed by atoms with E-state index < -0.39 is 0 Å². The molecule has 4 heteroatoms. The minimum absolute atomic E-state index is 0.422. The second-order valence-electron chi connectivity index (χ2n) is 5.32. The molecule has 18 heavy (non-hydrogen) atoms. The van der Waals surface area contributed by atoms with E-state index in [1.807, 2.05) is 0 Å². The van der Waals surface area contributed by atoms with Crippen molar-refractivity contribution in [1.82, 2.24) is 15.1 Å². The molecule has 0 amide bonds. The molecule has 0 aliphatic heterocycles. The average Bonchev–Trinajstić information content (AvgIpc) is 2.77. The van der Waals surface area contributed by atoms with Crippen LogP contribution in [0.25, 0.3) is 0 Å². The zero-order chi connectivity index (χ0) is 13.0. The zero-order valence-corrected chi connectivity index (χ0v) is 12.2. The molecule has 0 spiro atoms. The first-order valence-corrected chi connectivity index (χ1v) is 7.55. The molecule has 0 atom stereocenters. The number of nitrogens with one attached hydrogen (secondary N) is 1. The van der Waals surface area contributed by atoms with Crippen molar-refractivity contribution < 1.29 is 0 Å². The summed E-state index contributed by atoms with van der Waals surface area (Å²) in [5.41, 5.74) is 1.14. The SMILES string of the molecule is CCC(CC)n1ccc(CNCC2CC(Cl)C2)n1. The van der Waals surface area contributed by atoms with Gasteiger partial charge in [0.2, 0.25) is 0 Å². The molecular formula is C14H24ClN3. The first kappa shape index (κ1) is 13.9.